The van der Waals surface area contributed by atoms with Crippen molar-refractivity contribution < 1.29 is 46.2 Å². The van der Waals surface area contributed by atoms with E-state index in [4.69, 9.17) is 19.2 Å². The Morgan fingerprint density at radius 3 is 2.62 bits per heavy atom. The Morgan fingerprint density at radius 1 is 1.12 bits per heavy atom. The van der Waals surface area contributed by atoms with Crippen molar-refractivity contribution in [1.29, 1.82) is 0 Å². The molecule has 60 heavy (non-hydrogen) atoms. The maximum absolute atomic E-state index is 14.8. The van der Waals surface area contributed by atoms with E-state index in [-0.39, 0.29) is 44.1 Å². The molecule has 0 bridgehead atoms. The van der Waals surface area contributed by atoms with Crippen LogP contribution in [0.1, 0.15) is 94.6 Å². The summed E-state index contributed by atoms with van der Waals surface area (Å²) in [5.41, 5.74) is -0.220. The number of rotatable bonds is 12. The lowest BCUT2D eigenvalue weighted by molar-refractivity contribution is -0.141. The van der Waals surface area contributed by atoms with Gasteiger partial charge in [-0.1, -0.05) is 25.0 Å². The van der Waals surface area contributed by atoms with Gasteiger partial charge in [-0.15, -0.1) is 0 Å². The fraction of sp³-hybridized carbons (Fsp3) is 0.571. The van der Waals surface area contributed by atoms with Crippen LogP contribution in [0.3, 0.4) is 0 Å². The minimum absolute atomic E-state index is 0.000223. The van der Waals surface area contributed by atoms with Gasteiger partial charge in [0.2, 0.25) is 27.7 Å². The number of benzene rings is 1. The predicted octanol–water partition coefficient (Wildman–Crippen LogP) is 4.05. The number of carbonyl (C=O) groups is 4. The number of allylic oxidation sites excluding steroid dienone is 1. The zero-order chi connectivity index (χ0) is 43.0. The second-order valence-electron chi connectivity index (χ2n) is 16.8. The molecule has 7 rings (SSSR count). The van der Waals surface area contributed by atoms with Crippen LogP contribution in [0, 0.1) is 12.8 Å². The van der Waals surface area contributed by atoms with Gasteiger partial charge < -0.3 is 29.7 Å². The van der Waals surface area contributed by atoms with E-state index < -0.39 is 74.7 Å². The number of sulfonamides is 1. The number of ether oxygens (including phenoxy) is 3. The molecule has 4 amide bonds. The zero-order valence-electron chi connectivity index (χ0n) is 34.7. The summed E-state index contributed by atoms with van der Waals surface area (Å²) in [5, 5.41) is 10.5. The highest BCUT2D eigenvalue weighted by atomic mass is 32.2. The van der Waals surface area contributed by atoms with Gasteiger partial charge in [0, 0.05) is 35.6 Å². The van der Waals surface area contributed by atoms with Gasteiger partial charge in [-0.05, 0) is 84.4 Å². The monoisotopic (exact) mass is 851 g/mol. The highest BCUT2D eigenvalue weighted by Gasteiger charge is 2.63. The summed E-state index contributed by atoms with van der Waals surface area (Å²) in [5.74, 6) is -1.81. The maximum Gasteiger partial charge on any atom is 0.272 e. The van der Waals surface area contributed by atoms with E-state index in [1.165, 1.54) is 21.8 Å². The molecule has 18 heteroatoms. The number of nitrogens with zero attached hydrogens (tertiary/aromatic N) is 4. The fourth-order valence-corrected chi connectivity index (χ4v) is 9.34. The first-order valence-electron chi connectivity index (χ1n) is 20.7. The molecule has 1 aromatic carbocycles. The maximum atomic E-state index is 14.8. The normalized spacial score (nSPS) is 25.9. The van der Waals surface area contributed by atoms with Crippen LogP contribution in [0.25, 0.3) is 10.9 Å². The summed E-state index contributed by atoms with van der Waals surface area (Å²) in [6.45, 7) is 6.42. The molecule has 3 N–H and O–H groups in total. The average molecular weight is 852 g/mol. The summed E-state index contributed by atoms with van der Waals surface area (Å²) in [7, 11) is -2.46. The van der Waals surface area contributed by atoms with Crippen LogP contribution < -0.4 is 29.6 Å². The molecule has 4 aliphatic rings. The Kier molecular flexibility index (Phi) is 12.1. The molecule has 2 saturated carbocycles. The van der Waals surface area contributed by atoms with E-state index in [0.717, 1.165) is 12.0 Å². The van der Waals surface area contributed by atoms with Gasteiger partial charge in [-0.25, -0.2) is 17.8 Å². The Labute approximate surface area is 349 Å². The summed E-state index contributed by atoms with van der Waals surface area (Å²) >= 11 is 0. The SMILES string of the molecule is COc1ccc2c(O[C@@H]3C[C@H]4C(=O)N[C@]5(C(=O)NS(=O)(=O)C6(C)CC6)C[C@H]5/C=C\CCCCC[C@H](NC(=O)c5ccn(CCF)n5)C(=O)N4C3)cc(OC(C)C)nc2c1C. The van der Waals surface area contributed by atoms with E-state index in [0.29, 0.717) is 60.4 Å². The Hall–Kier alpha value is -5.26. The number of halogens is 1. The smallest absolute Gasteiger partial charge is 0.272 e. The van der Waals surface area contributed by atoms with E-state index >= 15 is 0 Å². The van der Waals surface area contributed by atoms with Crippen molar-refractivity contribution in [3.63, 3.8) is 0 Å². The first-order valence-corrected chi connectivity index (χ1v) is 22.1. The van der Waals surface area contributed by atoms with Gasteiger partial charge in [0.15, 0.2) is 0 Å². The first kappa shape index (κ1) is 42.8. The first-order chi connectivity index (χ1) is 28.6. The second kappa shape index (κ2) is 17.0. The van der Waals surface area contributed by atoms with Crippen LogP contribution in [0.2, 0.25) is 0 Å². The van der Waals surface area contributed by atoms with Crippen LogP contribution in [-0.2, 0) is 31.0 Å². The van der Waals surface area contributed by atoms with Gasteiger partial charge >= 0.3 is 0 Å². The highest BCUT2D eigenvalue weighted by molar-refractivity contribution is 7.91. The van der Waals surface area contributed by atoms with Gasteiger partial charge in [0.1, 0.15) is 47.6 Å². The van der Waals surface area contributed by atoms with E-state index in [2.05, 4.69) is 20.5 Å². The van der Waals surface area contributed by atoms with Gasteiger partial charge in [0.05, 0.1) is 36.6 Å². The molecule has 2 aliphatic heterocycles. The molecular weight excluding hydrogens is 798 g/mol. The van der Waals surface area contributed by atoms with Crippen LogP contribution in [0.5, 0.6) is 17.4 Å². The third-order valence-corrected chi connectivity index (χ3v) is 14.1. The molecular formula is C42H54FN7O9S. The van der Waals surface area contributed by atoms with Gasteiger partial charge in [-0.2, -0.15) is 5.10 Å². The molecule has 2 aliphatic carbocycles. The molecule has 324 valence electrons. The van der Waals surface area contributed by atoms with Crippen molar-refractivity contribution in [2.24, 2.45) is 5.92 Å². The number of aryl methyl sites for hydroxylation is 2. The molecule has 3 aromatic rings. The quantitative estimate of drug-likeness (QED) is 0.222. The van der Waals surface area contributed by atoms with Crippen molar-refractivity contribution in [2.45, 2.75) is 127 Å². The molecule has 5 atom stereocenters. The molecule has 2 aromatic heterocycles. The third-order valence-electron chi connectivity index (χ3n) is 12.0. The average Bonchev–Trinajstić information content (AvgIpc) is 3.99. The number of nitrogens with one attached hydrogen (secondary N) is 3. The van der Waals surface area contributed by atoms with E-state index in [1.54, 1.807) is 26.2 Å². The number of amides is 4. The number of fused-ring (bicyclic) bond motifs is 3. The van der Waals surface area contributed by atoms with Crippen molar-refractivity contribution in [3.8, 4) is 17.4 Å². The predicted molar refractivity (Wildman–Crippen MR) is 219 cm³/mol. The van der Waals surface area contributed by atoms with Gasteiger partial charge in [0.25, 0.3) is 11.8 Å². The molecule has 0 unspecified atom stereocenters. The van der Waals surface area contributed by atoms with E-state index in [9.17, 15) is 32.0 Å². The zero-order valence-corrected chi connectivity index (χ0v) is 35.5. The number of methoxy groups -OCH3 is 1. The van der Waals surface area contributed by atoms with Crippen molar-refractivity contribution in [3.05, 3.63) is 53.9 Å². The topological polar surface area (TPSA) is 200 Å². The number of carbonyl (C=O) groups excluding carboxylic acids is 4. The number of alkyl halides is 1. The Morgan fingerprint density at radius 2 is 1.90 bits per heavy atom. The molecule has 0 radical (unpaired) electrons. The van der Waals surface area contributed by atoms with Crippen molar-refractivity contribution >= 4 is 44.6 Å². The van der Waals surface area contributed by atoms with E-state index in [1.807, 2.05) is 39.0 Å². The summed E-state index contributed by atoms with van der Waals surface area (Å²) in [6, 6.07) is 4.47. The largest absolute Gasteiger partial charge is 0.496 e. The van der Waals surface area contributed by atoms with Crippen LogP contribution >= 0.6 is 0 Å². The lowest BCUT2D eigenvalue weighted by Crippen LogP contribution is -2.58. The second-order valence-corrected chi connectivity index (χ2v) is 19.0. The standard InChI is InChI=1S/C42H54FN7O9S/c1-25(2)58-35-22-34(29-13-14-33(57-5)26(3)36(29)45-35)59-28-21-32-38(52)46-42(40(54)48-60(55,56)41(4)16-17-41)23-27(42)11-9-7-6-8-10-12-31(39(53)50(32)24-28)44-37(51)30-15-19-49(47-30)20-18-43/h9,11,13-15,19,22,25,27-28,31-32H,6-8,10,12,16-18,20-21,23-24H2,1-5H3,(H,44,51)(H,46,52)(H,48,54)/b11-9-/t27-,28-,31+,32+,42-/m1/s1. The van der Waals surface area contributed by atoms with Crippen LogP contribution in [0.4, 0.5) is 4.39 Å². The van der Waals surface area contributed by atoms with Crippen molar-refractivity contribution in [1.82, 2.24) is 35.0 Å². The molecule has 4 heterocycles. The fourth-order valence-electron chi connectivity index (χ4n) is 8.03. The minimum Gasteiger partial charge on any atom is -0.496 e. The number of hydrogen-bond donors (Lipinski definition) is 3. The molecule has 1 saturated heterocycles. The Bertz CT molecular complexity index is 2290. The molecule has 16 nitrogen and oxygen atoms in total. The molecule has 0 spiro atoms. The summed E-state index contributed by atoms with van der Waals surface area (Å²) in [6.07, 6.45) is 8.25. The van der Waals surface area contributed by atoms with Crippen LogP contribution in [-0.4, -0.2) is 107 Å². The van der Waals surface area contributed by atoms with Gasteiger partial charge in [-0.3, -0.25) is 28.6 Å². The lowest BCUT2D eigenvalue weighted by atomic mass is 10.0. The number of pyridine rings is 1. The lowest BCUT2D eigenvalue weighted by Gasteiger charge is -2.30. The highest BCUT2D eigenvalue weighted by Crippen LogP contribution is 2.47. The summed E-state index contributed by atoms with van der Waals surface area (Å²) in [4.78, 5) is 63.0. The number of aromatic nitrogens is 3. The minimum atomic E-state index is -4.03. The van der Waals surface area contributed by atoms with Crippen LogP contribution in [0.15, 0.2) is 42.6 Å². The number of hydrogen-bond acceptors (Lipinski definition) is 11. The molecule has 3 fully saturated rings. The Balaban J connectivity index is 1.23. The summed E-state index contributed by atoms with van der Waals surface area (Å²) < 4.78 is 60.2. The third kappa shape index (κ3) is 8.79. The van der Waals surface area contributed by atoms with Crippen molar-refractivity contribution in [2.75, 3.05) is 20.3 Å².